The van der Waals surface area contributed by atoms with Gasteiger partial charge in [-0.2, -0.15) is 0 Å². The van der Waals surface area contributed by atoms with E-state index in [0.29, 0.717) is 10.8 Å². The van der Waals surface area contributed by atoms with E-state index in [1.807, 2.05) is 0 Å². The summed E-state index contributed by atoms with van der Waals surface area (Å²) in [5.74, 6) is 6.35. The van der Waals surface area contributed by atoms with Crippen LogP contribution in [0.3, 0.4) is 0 Å². The van der Waals surface area contributed by atoms with Gasteiger partial charge in [-0.25, -0.2) is 0 Å². The highest BCUT2D eigenvalue weighted by atomic mass is 14.6. The van der Waals surface area contributed by atoms with Crippen molar-refractivity contribution in [2.45, 2.75) is 120 Å². The molecule has 8 atom stereocenters. The Kier molecular flexibility index (Phi) is 7.94. The molecule has 0 heteroatoms. The van der Waals surface area contributed by atoms with Crippen LogP contribution in [-0.2, 0) is 0 Å². The highest BCUT2D eigenvalue weighted by molar-refractivity contribution is 5.03. The third-order valence-electron chi connectivity index (χ3n) is 10.2. The van der Waals surface area contributed by atoms with Gasteiger partial charge in [0.1, 0.15) is 0 Å². The molecule has 0 aliphatic heterocycles. The number of hydrogen-bond donors (Lipinski definition) is 0. The molecule has 2 aliphatic rings. The summed E-state index contributed by atoms with van der Waals surface area (Å²) >= 11 is 0. The summed E-state index contributed by atoms with van der Waals surface area (Å²) in [5, 5.41) is 0. The van der Waals surface area contributed by atoms with E-state index in [-0.39, 0.29) is 0 Å². The molecule has 2 aliphatic carbocycles. The standard InChI is InChI=1S/C27H52/c1-10-17-26(8)21(5)14-15-24-23(7)27(9,18-16-25(24)26)22(6)20(4)13-11-12-19(2)3/h19-25H,10-18H2,1-9H3. The topological polar surface area (TPSA) is 0 Å². The molecule has 0 saturated heterocycles. The number of hydrogen-bond acceptors (Lipinski definition) is 0. The summed E-state index contributed by atoms with van der Waals surface area (Å²) in [5.41, 5.74) is 1.14. The Hall–Kier alpha value is 0. The van der Waals surface area contributed by atoms with Crippen LogP contribution in [-0.4, -0.2) is 0 Å². The van der Waals surface area contributed by atoms with Crippen LogP contribution in [0.15, 0.2) is 0 Å². The van der Waals surface area contributed by atoms with Crippen molar-refractivity contribution >= 4 is 0 Å². The quantitative estimate of drug-likeness (QED) is 0.396. The van der Waals surface area contributed by atoms with E-state index in [2.05, 4.69) is 62.3 Å². The third-order valence-corrected chi connectivity index (χ3v) is 10.2. The zero-order valence-electron chi connectivity index (χ0n) is 20.4. The number of rotatable bonds is 8. The van der Waals surface area contributed by atoms with E-state index < -0.39 is 0 Å². The largest absolute Gasteiger partial charge is 0.0654 e. The first kappa shape index (κ1) is 23.3. The lowest BCUT2D eigenvalue weighted by Crippen LogP contribution is -2.53. The van der Waals surface area contributed by atoms with Crippen molar-refractivity contribution in [3.05, 3.63) is 0 Å². The fourth-order valence-corrected chi connectivity index (χ4v) is 7.51. The molecule has 27 heavy (non-hydrogen) atoms. The van der Waals surface area contributed by atoms with Crippen LogP contribution in [0.2, 0.25) is 0 Å². The average molecular weight is 377 g/mol. The zero-order valence-corrected chi connectivity index (χ0v) is 20.4. The molecule has 2 fully saturated rings. The fourth-order valence-electron chi connectivity index (χ4n) is 7.51. The van der Waals surface area contributed by atoms with Gasteiger partial charge in [-0.15, -0.1) is 0 Å². The van der Waals surface area contributed by atoms with Crippen LogP contribution < -0.4 is 0 Å². The molecule has 0 amide bonds. The van der Waals surface area contributed by atoms with E-state index in [4.69, 9.17) is 0 Å². The molecule has 0 aromatic heterocycles. The molecule has 0 N–H and O–H groups in total. The van der Waals surface area contributed by atoms with Crippen LogP contribution in [0.4, 0.5) is 0 Å². The Morgan fingerprint density at radius 1 is 0.926 bits per heavy atom. The molecule has 2 rings (SSSR count). The van der Waals surface area contributed by atoms with Crippen molar-refractivity contribution in [2.24, 2.45) is 52.3 Å². The molecule has 2 saturated carbocycles. The second kappa shape index (κ2) is 9.21. The normalized spacial score (nSPS) is 42.0. The maximum absolute atomic E-state index is 2.67. The predicted octanol–water partition coefficient (Wildman–Crippen LogP) is 8.99. The minimum Gasteiger partial charge on any atom is -0.0654 e. The molecule has 0 heterocycles. The van der Waals surface area contributed by atoms with Crippen molar-refractivity contribution in [1.29, 1.82) is 0 Å². The van der Waals surface area contributed by atoms with Crippen LogP contribution in [0.25, 0.3) is 0 Å². The summed E-state index contributed by atoms with van der Waals surface area (Å²) in [6, 6.07) is 0. The van der Waals surface area contributed by atoms with Gasteiger partial charge in [0.2, 0.25) is 0 Å². The lowest BCUT2D eigenvalue weighted by molar-refractivity contribution is -0.113. The van der Waals surface area contributed by atoms with Crippen LogP contribution in [0.1, 0.15) is 120 Å². The van der Waals surface area contributed by atoms with E-state index in [0.717, 1.165) is 41.4 Å². The minimum atomic E-state index is 0.548. The van der Waals surface area contributed by atoms with Gasteiger partial charge in [0.15, 0.2) is 0 Å². The van der Waals surface area contributed by atoms with Crippen LogP contribution in [0.5, 0.6) is 0 Å². The maximum Gasteiger partial charge on any atom is -0.0269 e. The van der Waals surface area contributed by atoms with Gasteiger partial charge in [0, 0.05) is 0 Å². The van der Waals surface area contributed by atoms with Gasteiger partial charge < -0.3 is 0 Å². The summed E-state index contributed by atoms with van der Waals surface area (Å²) in [6.07, 6.45) is 13.0. The van der Waals surface area contributed by atoms with Gasteiger partial charge >= 0.3 is 0 Å². The highest BCUT2D eigenvalue weighted by Crippen LogP contribution is 2.62. The molecule has 0 aromatic rings. The molecule has 8 unspecified atom stereocenters. The second-order valence-electron chi connectivity index (χ2n) is 11.9. The molecule has 0 nitrogen and oxygen atoms in total. The van der Waals surface area contributed by atoms with Crippen molar-refractivity contribution in [2.75, 3.05) is 0 Å². The first-order valence-corrected chi connectivity index (χ1v) is 12.6. The average Bonchev–Trinajstić information content (AvgIpc) is 2.60. The van der Waals surface area contributed by atoms with E-state index >= 15 is 0 Å². The van der Waals surface area contributed by atoms with Gasteiger partial charge in [-0.3, -0.25) is 0 Å². The third kappa shape index (κ3) is 4.61. The van der Waals surface area contributed by atoms with Crippen molar-refractivity contribution < 1.29 is 0 Å². The predicted molar refractivity (Wildman–Crippen MR) is 122 cm³/mol. The second-order valence-corrected chi connectivity index (χ2v) is 11.9. The van der Waals surface area contributed by atoms with E-state index in [1.165, 1.54) is 57.8 Å². The lowest BCUT2D eigenvalue weighted by atomic mass is 9.45. The Balaban J connectivity index is 2.11. The summed E-state index contributed by atoms with van der Waals surface area (Å²) in [6.45, 7) is 22.8. The molecule has 0 spiro atoms. The minimum absolute atomic E-state index is 0.548. The molecule has 160 valence electrons. The lowest BCUT2D eigenvalue weighted by Gasteiger charge is -2.60. The van der Waals surface area contributed by atoms with Gasteiger partial charge in [0.05, 0.1) is 0 Å². The Labute approximate surface area is 172 Å². The number of fused-ring (bicyclic) bond motifs is 1. The van der Waals surface area contributed by atoms with Crippen LogP contribution >= 0.6 is 0 Å². The summed E-state index contributed by atoms with van der Waals surface area (Å²) < 4.78 is 0. The highest BCUT2D eigenvalue weighted by Gasteiger charge is 2.54. The Morgan fingerprint density at radius 2 is 1.59 bits per heavy atom. The van der Waals surface area contributed by atoms with Crippen molar-refractivity contribution in [3.63, 3.8) is 0 Å². The SMILES string of the molecule is CCCC1(C)C(C)CCC2C(C)C(C)(C(C)C(C)CCCC(C)C)CCC21. The summed E-state index contributed by atoms with van der Waals surface area (Å²) in [4.78, 5) is 0. The maximum atomic E-state index is 2.67. The van der Waals surface area contributed by atoms with Gasteiger partial charge in [-0.05, 0) is 84.4 Å². The zero-order chi connectivity index (χ0) is 20.4. The molecular formula is C27H52. The Morgan fingerprint density at radius 3 is 2.19 bits per heavy atom. The smallest absolute Gasteiger partial charge is 0.0269 e. The van der Waals surface area contributed by atoms with E-state index in [9.17, 15) is 0 Å². The molecule has 0 radical (unpaired) electrons. The summed E-state index contributed by atoms with van der Waals surface area (Å²) in [7, 11) is 0. The van der Waals surface area contributed by atoms with Crippen LogP contribution in [0, 0.1) is 52.3 Å². The Bertz CT molecular complexity index is 451. The molecule has 0 aromatic carbocycles. The fraction of sp³-hybridized carbons (Fsp3) is 1.00. The first-order valence-electron chi connectivity index (χ1n) is 12.6. The first-order chi connectivity index (χ1) is 12.6. The molecular weight excluding hydrogens is 324 g/mol. The molecule has 0 bridgehead atoms. The van der Waals surface area contributed by atoms with Gasteiger partial charge in [-0.1, -0.05) is 88.0 Å². The van der Waals surface area contributed by atoms with E-state index in [1.54, 1.807) is 0 Å². The van der Waals surface area contributed by atoms with Gasteiger partial charge in [0.25, 0.3) is 0 Å². The van der Waals surface area contributed by atoms with Crippen molar-refractivity contribution in [3.8, 4) is 0 Å². The monoisotopic (exact) mass is 376 g/mol. The van der Waals surface area contributed by atoms with Crippen molar-refractivity contribution in [1.82, 2.24) is 0 Å².